The van der Waals surface area contributed by atoms with Crippen LogP contribution in [0.1, 0.15) is 5.82 Å². The summed E-state index contributed by atoms with van der Waals surface area (Å²) >= 11 is 0. The Labute approximate surface area is 123 Å². The molecule has 0 unspecified atom stereocenters. The Morgan fingerprint density at radius 2 is 2.05 bits per heavy atom. The van der Waals surface area contributed by atoms with Gasteiger partial charge in [0.15, 0.2) is 21.5 Å². The van der Waals surface area contributed by atoms with Gasteiger partial charge in [0.2, 0.25) is 5.82 Å². The predicted octanol–water partition coefficient (Wildman–Crippen LogP) is 0.858. The second kappa shape index (κ2) is 5.86. The number of halogens is 2. The van der Waals surface area contributed by atoms with Gasteiger partial charge in [-0.2, -0.15) is 10.5 Å². The molecule has 0 fully saturated rings. The normalized spacial score (nSPS) is 12.0. The van der Waals surface area contributed by atoms with E-state index in [1.807, 2.05) is 0 Å². The third-order valence-corrected chi connectivity index (χ3v) is 3.60. The number of tetrazole rings is 1. The van der Waals surface area contributed by atoms with E-state index in [0.717, 1.165) is 12.5 Å². The number of aromatic nitrogens is 4. The first-order valence-electron chi connectivity index (χ1n) is 5.62. The van der Waals surface area contributed by atoms with Gasteiger partial charge in [0.25, 0.3) is 0 Å². The highest BCUT2D eigenvalue weighted by Gasteiger charge is 2.16. The van der Waals surface area contributed by atoms with Crippen molar-refractivity contribution in [3.63, 3.8) is 0 Å². The summed E-state index contributed by atoms with van der Waals surface area (Å²) in [5, 5.41) is 23.6. The zero-order valence-corrected chi connectivity index (χ0v) is 11.8. The first kappa shape index (κ1) is 15.5. The van der Waals surface area contributed by atoms with Gasteiger partial charge >= 0.3 is 0 Å². The molecule has 22 heavy (non-hydrogen) atoms. The highest BCUT2D eigenvalue weighted by molar-refractivity contribution is 7.90. The predicted molar refractivity (Wildman–Crippen MR) is 70.9 cm³/mol. The second-order valence-electron chi connectivity index (χ2n) is 4.08. The average Bonchev–Trinajstić information content (AvgIpc) is 2.94. The lowest BCUT2D eigenvalue weighted by atomic mass is 10.2. The standard InChI is InChI=1S/C11H8F2N6O2S/c1-22(20,21)7-2-8(12)10(9(13)3-7)15-5-6(4-14)11-16-18-19-17-11/h2-3,5,15H,1H3,(H,16,17,18,19). The van der Waals surface area contributed by atoms with Gasteiger partial charge in [-0.05, 0) is 17.3 Å². The molecule has 11 heteroatoms. The zero-order chi connectivity index (χ0) is 16.3. The number of hydrogen-bond donors (Lipinski definition) is 2. The fourth-order valence-corrected chi connectivity index (χ4v) is 2.10. The summed E-state index contributed by atoms with van der Waals surface area (Å²) in [6, 6.07) is 3.07. The molecular weight excluding hydrogens is 318 g/mol. The lowest BCUT2D eigenvalue weighted by Gasteiger charge is -2.07. The van der Waals surface area contributed by atoms with Crippen LogP contribution in [0.2, 0.25) is 0 Å². The molecule has 1 aromatic carbocycles. The van der Waals surface area contributed by atoms with Crippen LogP contribution in [0.25, 0.3) is 5.57 Å². The Balaban J connectivity index is 2.37. The molecule has 0 atom stereocenters. The molecule has 0 aliphatic carbocycles. The van der Waals surface area contributed by atoms with Crippen LogP contribution in [0.4, 0.5) is 14.5 Å². The van der Waals surface area contributed by atoms with Crippen molar-refractivity contribution >= 4 is 21.1 Å². The number of allylic oxidation sites excluding steroid dienone is 1. The molecule has 0 bridgehead atoms. The summed E-state index contributed by atoms with van der Waals surface area (Å²) < 4.78 is 50.2. The van der Waals surface area contributed by atoms with Crippen LogP contribution in [-0.4, -0.2) is 35.3 Å². The Bertz CT molecular complexity index is 847. The molecule has 0 saturated carbocycles. The average molecular weight is 326 g/mol. The van der Waals surface area contributed by atoms with Crippen LogP contribution >= 0.6 is 0 Å². The van der Waals surface area contributed by atoms with Crippen molar-refractivity contribution in [3.05, 3.63) is 35.8 Å². The lowest BCUT2D eigenvalue weighted by Crippen LogP contribution is -2.03. The largest absolute Gasteiger partial charge is 0.356 e. The Morgan fingerprint density at radius 1 is 1.41 bits per heavy atom. The third kappa shape index (κ3) is 3.23. The number of sulfone groups is 1. The number of nitrogens with zero attached hydrogens (tertiary/aromatic N) is 4. The van der Waals surface area contributed by atoms with E-state index < -0.39 is 32.1 Å². The maximum Gasteiger partial charge on any atom is 0.216 e. The van der Waals surface area contributed by atoms with Gasteiger partial charge in [0, 0.05) is 12.5 Å². The summed E-state index contributed by atoms with van der Waals surface area (Å²) in [6.45, 7) is 0. The molecule has 0 amide bonds. The summed E-state index contributed by atoms with van der Waals surface area (Å²) in [6.07, 6.45) is 1.81. The number of anilines is 1. The fraction of sp³-hybridized carbons (Fsp3) is 0.0909. The molecule has 0 radical (unpaired) electrons. The number of rotatable bonds is 4. The second-order valence-corrected chi connectivity index (χ2v) is 6.10. The van der Waals surface area contributed by atoms with Gasteiger partial charge < -0.3 is 5.32 Å². The minimum Gasteiger partial charge on any atom is -0.356 e. The van der Waals surface area contributed by atoms with Crippen molar-refractivity contribution in [1.82, 2.24) is 20.6 Å². The number of nitriles is 1. The molecule has 2 rings (SSSR count). The fourth-order valence-electron chi connectivity index (χ4n) is 1.47. The SMILES string of the molecule is CS(=O)(=O)c1cc(F)c(NC=C(C#N)c2nn[nH]n2)c(F)c1. The molecule has 114 valence electrons. The van der Waals surface area contributed by atoms with Crippen molar-refractivity contribution < 1.29 is 17.2 Å². The summed E-state index contributed by atoms with van der Waals surface area (Å²) in [4.78, 5) is -0.490. The van der Waals surface area contributed by atoms with E-state index in [0.29, 0.717) is 12.1 Å². The third-order valence-electron chi connectivity index (χ3n) is 2.51. The van der Waals surface area contributed by atoms with Crippen molar-refractivity contribution in [2.24, 2.45) is 0 Å². The number of nitrogens with one attached hydrogen (secondary N) is 2. The topological polar surface area (TPSA) is 124 Å². The molecule has 1 aromatic heterocycles. The quantitative estimate of drug-likeness (QED) is 0.798. The van der Waals surface area contributed by atoms with Crippen LogP contribution in [0.15, 0.2) is 23.2 Å². The van der Waals surface area contributed by atoms with E-state index in [1.165, 1.54) is 0 Å². The van der Waals surface area contributed by atoms with Gasteiger partial charge in [0.05, 0.1) is 4.90 Å². The minimum absolute atomic E-state index is 0.0661. The van der Waals surface area contributed by atoms with Crippen LogP contribution < -0.4 is 5.32 Å². The maximum atomic E-state index is 13.8. The van der Waals surface area contributed by atoms with Gasteiger partial charge in [0.1, 0.15) is 17.3 Å². The van der Waals surface area contributed by atoms with Crippen LogP contribution in [-0.2, 0) is 9.84 Å². The summed E-state index contributed by atoms with van der Waals surface area (Å²) in [5.74, 6) is -2.31. The van der Waals surface area contributed by atoms with Crippen LogP contribution in [0.5, 0.6) is 0 Å². The summed E-state index contributed by atoms with van der Waals surface area (Å²) in [5.41, 5.74) is -0.733. The minimum atomic E-state index is -3.74. The Hall–Kier alpha value is -2.87. The van der Waals surface area contributed by atoms with E-state index in [-0.39, 0.29) is 11.4 Å². The van der Waals surface area contributed by atoms with Crippen molar-refractivity contribution in [2.45, 2.75) is 4.90 Å². The Kier molecular flexibility index (Phi) is 4.13. The van der Waals surface area contributed by atoms with E-state index >= 15 is 0 Å². The smallest absolute Gasteiger partial charge is 0.216 e. The van der Waals surface area contributed by atoms with E-state index in [4.69, 9.17) is 5.26 Å². The molecule has 0 aliphatic heterocycles. The highest BCUT2D eigenvalue weighted by Crippen LogP contribution is 2.24. The maximum absolute atomic E-state index is 13.8. The van der Waals surface area contributed by atoms with Gasteiger partial charge in [-0.15, -0.1) is 10.2 Å². The molecule has 0 spiro atoms. The van der Waals surface area contributed by atoms with Gasteiger partial charge in [-0.3, -0.25) is 0 Å². The number of H-pyrrole nitrogens is 1. The summed E-state index contributed by atoms with van der Waals surface area (Å²) in [7, 11) is -3.74. The van der Waals surface area contributed by atoms with E-state index in [2.05, 4.69) is 25.9 Å². The molecule has 1 heterocycles. The van der Waals surface area contributed by atoms with E-state index in [1.54, 1.807) is 6.07 Å². The highest BCUT2D eigenvalue weighted by atomic mass is 32.2. The first-order chi connectivity index (χ1) is 10.3. The lowest BCUT2D eigenvalue weighted by molar-refractivity contribution is 0.574. The monoisotopic (exact) mass is 326 g/mol. The molecule has 2 aromatic rings. The van der Waals surface area contributed by atoms with Crippen molar-refractivity contribution in [3.8, 4) is 6.07 Å². The molecular formula is C11H8F2N6O2S. The number of hydrogen-bond acceptors (Lipinski definition) is 7. The molecule has 0 saturated heterocycles. The van der Waals surface area contributed by atoms with Gasteiger partial charge in [-0.1, -0.05) is 0 Å². The van der Waals surface area contributed by atoms with Gasteiger partial charge in [-0.25, -0.2) is 17.2 Å². The zero-order valence-electron chi connectivity index (χ0n) is 11.0. The Morgan fingerprint density at radius 3 is 2.50 bits per heavy atom. The van der Waals surface area contributed by atoms with Crippen LogP contribution in [0.3, 0.4) is 0 Å². The molecule has 8 nitrogen and oxygen atoms in total. The van der Waals surface area contributed by atoms with Crippen LogP contribution in [0, 0.1) is 23.0 Å². The molecule has 0 aliphatic rings. The van der Waals surface area contributed by atoms with Crippen molar-refractivity contribution in [2.75, 3.05) is 11.6 Å². The van der Waals surface area contributed by atoms with E-state index in [9.17, 15) is 17.2 Å². The number of benzene rings is 1. The molecule has 2 N–H and O–H groups in total. The van der Waals surface area contributed by atoms with Crippen molar-refractivity contribution in [1.29, 1.82) is 5.26 Å². The first-order valence-corrected chi connectivity index (χ1v) is 7.52. The number of aromatic amines is 1.